The van der Waals surface area contributed by atoms with Gasteiger partial charge in [-0.25, -0.2) is 0 Å². The van der Waals surface area contributed by atoms with Gasteiger partial charge in [0.25, 0.3) is 5.91 Å². The monoisotopic (exact) mass is 296 g/mol. The standard InChI is InChI=1S/C17H16N2O3/c1-22-15-9-5-4-8-13(15)18-17(21)14-10-11-6-2-3-7-12(11)16(20)19-14/h2-9,14H,10H2,1H3,(H,18,21)(H,19,20). The van der Waals surface area contributed by atoms with Crippen LogP contribution in [0.3, 0.4) is 0 Å². The van der Waals surface area contributed by atoms with Crippen molar-refractivity contribution in [3.05, 3.63) is 59.7 Å². The van der Waals surface area contributed by atoms with Crippen molar-refractivity contribution in [3.8, 4) is 5.75 Å². The van der Waals surface area contributed by atoms with Gasteiger partial charge in [0.15, 0.2) is 0 Å². The summed E-state index contributed by atoms with van der Waals surface area (Å²) in [6.45, 7) is 0. The van der Waals surface area contributed by atoms with E-state index < -0.39 is 6.04 Å². The molecule has 1 heterocycles. The minimum atomic E-state index is -0.590. The van der Waals surface area contributed by atoms with Gasteiger partial charge in [-0.2, -0.15) is 0 Å². The Morgan fingerprint density at radius 1 is 1.18 bits per heavy atom. The molecule has 0 bridgehead atoms. The van der Waals surface area contributed by atoms with Gasteiger partial charge >= 0.3 is 0 Å². The van der Waals surface area contributed by atoms with E-state index in [0.717, 1.165) is 5.56 Å². The van der Waals surface area contributed by atoms with E-state index in [1.807, 2.05) is 30.3 Å². The van der Waals surface area contributed by atoms with Crippen molar-refractivity contribution in [2.24, 2.45) is 0 Å². The van der Waals surface area contributed by atoms with Crippen LogP contribution in [0.25, 0.3) is 0 Å². The van der Waals surface area contributed by atoms with Gasteiger partial charge in [0.05, 0.1) is 12.8 Å². The molecule has 3 rings (SSSR count). The summed E-state index contributed by atoms with van der Waals surface area (Å²) in [5, 5.41) is 5.54. The molecule has 0 radical (unpaired) electrons. The van der Waals surface area contributed by atoms with Gasteiger partial charge in [-0.05, 0) is 23.8 Å². The van der Waals surface area contributed by atoms with Gasteiger partial charge in [0, 0.05) is 12.0 Å². The van der Waals surface area contributed by atoms with Gasteiger partial charge < -0.3 is 15.4 Å². The minimum absolute atomic E-state index is 0.220. The average Bonchev–Trinajstić information content (AvgIpc) is 2.55. The molecule has 1 unspecified atom stereocenters. The summed E-state index contributed by atoms with van der Waals surface area (Å²) in [6, 6.07) is 13.9. The molecule has 0 aromatic heterocycles. The fraction of sp³-hybridized carbons (Fsp3) is 0.176. The number of anilines is 1. The summed E-state index contributed by atoms with van der Waals surface area (Å²) in [6.07, 6.45) is 0.475. The lowest BCUT2D eigenvalue weighted by atomic mass is 9.95. The molecule has 1 aliphatic heterocycles. The van der Waals surface area contributed by atoms with Crippen molar-refractivity contribution in [2.45, 2.75) is 12.5 Å². The molecule has 112 valence electrons. The third-order valence-corrected chi connectivity index (χ3v) is 3.67. The zero-order valence-corrected chi connectivity index (χ0v) is 12.1. The van der Waals surface area contributed by atoms with Crippen LogP contribution in [0.4, 0.5) is 5.69 Å². The van der Waals surface area contributed by atoms with Crippen molar-refractivity contribution in [1.29, 1.82) is 0 Å². The van der Waals surface area contributed by atoms with Crippen LogP contribution in [0, 0.1) is 0 Å². The molecule has 22 heavy (non-hydrogen) atoms. The maximum atomic E-state index is 12.4. The Labute approximate surface area is 128 Å². The zero-order chi connectivity index (χ0) is 15.5. The van der Waals surface area contributed by atoms with E-state index in [4.69, 9.17) is 4.74 Å². The van der Waals surface area contributed by atoms with E-state index in [-0.39, 0.29) is 11.8 Å². The van der Waals surface area contributed by atoms with Gasteiger partial charge in [0.1, 0.15) is 11.8 Å². The van der Waals surface area contributed by atoms with E-state index in [1.165, 1.54) is 0 Å². The van der Waals surface area contributed by atoms with Crippen molar-refractivity contribution < 1.29 is 14.3 Å². The van der Waals surface area contributed by atoms with Gasteiger partial charge in [-0.3, -0.25) is 9.59 Å². The Morgan fingerprint density at radius 3 is 2.73 bits per heavy atom. The molecule has 0 aliphatic carbocycles. The molecule has 2 amide bonds. The van der Waals surface area contributed by atoms with Crippen LogP contribution in [-0.2, 0) is 11.2 Å². The van der Waals surface area contributed by atoms with Crippen molar-refractivity contribution in [2.75, 3.05) is 12.4 Å². The van der Waals surface area contributed by atoms with Gasteiger partial charge in [-0.15, -0.1) is 0 Å². The zero-order valence-electron chi connectivity index (χ0n) is 12.1. The predicted molar refractivity (Wildman–Crippen MR) is 83.0 cm³/mol. The van der Waals surface area contributed by atoms with Crippen LogP contribution in [0.1, 0.15) is 15.9 Å². The lowest BCUT2D eigenvalue weighted by Gasteiger charge is -2.25. The molecule has 2 aromatic carbocycles. The summed E-state index contributed by atoms with van der Waals surface area (Å²) in [5.74, 6) is 0.104. The average molecular weight is 296 g/mol. The molecule has 2 aromatic rings. The highest BCUT2D eigenvalue weighted by molar-refractivity contribution is 6.04. The fourth-order valence-corrected chi connectivity index (χ4v) is 2.55. The van der Waals surface area contributed by atoms with Gasteiger partial charge in [0.2, 0.25) is 5.91 Å². The number of ether oxygens (including phenoxy) is 1. The molecule has 0 saturated heterocycles. The number of para-hydroxylation sites is 2. The third kappa shape index (κ3) is 2.65. The highest BCUT2D eigenvalue weighted by atomic mass is 16.5. The summed E-state index contributed by atoms with van der Waals surface area (Å²) in [4.78, 5) is 24.5. The number of benzene rings is 2. The number of nitrogens with one attached hydrogen (secondary N) is 2. The summed E-state index contributed by atoms with van der Waals surface area (Å²) < 4.78 is 5.21. The summed E-state index contributed by atoms with van der Waals surface area (Å²) in [7, 11) is 1.55. The Balaban J connectivity index is 1.78. The number of amides is 2. The van der Waals surface area contributed by atoms with E-state index in [1.54, 1.807) is 25.3 Å². The second-order valence-corrected chi connectivity index (χ2v) is 5.08. The molecule has 0 spiro atoms. The van der Waals surface area contributed by atoms with E-state index in [9.17, 15) is 9.59 Å². The highest BCUT2D eigenvalue weighted by Gasteiger charge is 2.29. The molecule has 1 aliphatic rings. The normalized spacial score (nSPS) is 16.4. The quantitative estimate of drug-likeness (QED) is 0.910. The topological polar surface area (TPSA) is 67.4 Å². The predicted octanol–water partition coefficient (Wildman–Crippen LogP) is 1.99. The maximum Gasteiger partial charge on any atom is 0.252 e. The molecular formula is C17H16N2O3. The first-order chi connectivity index (χ1) is 10.7. The van der Waals surface area contributed by atoms with Crippen LogP contribution < -0.4 is 15.4 Å². The number of carbonyl (C=O) groups excluding carboxylic acids is 2. The molecule has 0 fully saturated rings. The third-order valence-electron chi connectivity index (χ3n) is 3.67. The molecule has 1 atom stereocenters. The number of rotatable bonds is 3. The summed E-state index contributed by atoms with van der Waals surface area (Å²) in [5.41, 5.74) is 2.10. The molecular weight excluding hydrogens is 280 g/mol. The maximum absolute atomic E-state index is 12.4. The summed E-state index contributed by atoms with van der Waals surface area (Å²) >= 11 is 0. The van der Waals surface area contributed by atoms with Crippen LogP contribution in [-0.4, -0.2) is 25.0 Å². The smallest absolute Gasteiger partial charge is 0.252 e. The van der Waals surface area contributed by atoms with Crippen molar-refractivity contribution in [1.82, 2.24) is 5.32 Å². The number of hydrogen-bond acceptors (Lipinski definition) is 3. The van der Waals surface area contributed by atoms with Crippen LogP contribution in [0.2, 0.25) is 0 Å². The van der Waals surface area contributed by atoms with Gasteiger partial charge in [-0.1, -0.05) is 30.3 Å². The number of hydrogen-bond donors (Lipinski definition) is 2. The SMILES string of the molecule is COc1ccccc1NC(=O)C1Cc2ccccc2C(=O)N1. The number of carbonyl (C=O) groups is 2. The lowest BCUT2D eigenvalue weighted by Crippen LogP contribution is -2.48. The first-order valence-electron chi connectivity index (χ1n) is 7.01. The Hall–Kier alpha value is -2.82. The lowest BCUT2D eigenvalue weighted by molar-refractivity contribution is -0.118. The van der Waals surface area contributed by atoms with Crippen LogP contribution in [0.5, 0.6) is 5.75 Å². The Kier molecular flexibility index (Phi) is 3.78. The van der Waals surface area contributed by atoms with E-state index in [0.29, 0.717) is 23.4 Å². The van der Waals surface area contributed by atoms with Crippen molar-refractivity contribution >= 4 is 17.5 Å². The molecule has 0 saturated carbocycles. The van der Waals surface area contributed by atoms with Crippen LogP contribution >= 0.6 is 0 Å². The second-order valence-electron chi connectivity index (χ2n) is 5.08. The Bertz CT molecular complexity index is 727. The number of fused-ring (bicyclic) bond motifs is 1. The van der Waals surface area contributed by atoms with E-state index in [2.05, 4.69) is 10.6 Å². The first kappa shape index (κ1) is 14.1. The fourth-order valence-electron chi connectivity index (χ4n) is 2.55. The Morgan fingerprint density at radius 2 is 1.91 bits per heavy atom. The molecule has 5 nitrogen and oxygen atoms in total. The molecule has 5 heteroatoms. The molecule has 2 N–H and O–H groups in total. The minimum Gasteiger partial charge on any atom is -0.495 e. The first-order valence-corrected chi connectivity index (χ1v) is 7.01. The number of methoxy groups -OCH3 is 1. The van der Waals surface area contributed by atoms with Crippen molar-refractivity contribution in [3.63, 3.8) is 0 Å². The second kappa shape index (κ2) is 5.89. The van der Waals surface area contributed by atoms with Crippen LogP contribution in [0.15, 0.2) is 48.5 Å². The highest BCUT2D eigenvalue weighted by Crippen LogP contribution is 2.24. The largest absolute Gasteiger partial charge is 0.495 e. The van der Waals surface area contributed by atoms with E-state index >= 15 is 0 Å².